The molecule has 2 saturated heterocycles. The van der Waals surface area contributed by atoms with Crippen molar-refractivity contribution >= 4 is 8.25 Å². The molecule has 1 N–H and O–H groups in total. The van der Waals surface area contributed by atoms with Crippen molar-refractivity contribution < 1.29 is 28.2 Å². The average molecular weight is 238 g/mol. The lowest BCUT2D eigenvalue weighted by molar-refractivity contribution is -0.177. The van der Waals surface area contributed by atoms with Gasteiger partial charge in [0.2, 0.25) is 0 Å². The van der Waals surface area contributed by atoms with Crippen LogP contribution in [0.2, 0.25) is 0 Å². The van der Waals surface area contributed by atoms with Crippen molar-refractivity contribution in [2.45, 2.75) is 37.9 Å². The second-order valence-corrected chi connectivity index (χ2v) is 4.91. The van der Waals surface area contributed by atoms with Crippen LogP contribution in [-0.4, -0.2) is 42.2 Å². The number of hydrogen-bond donors (Lipinski definition) is 1. The molecule has 88 valence electrons. The highest BCUT2D eigenvalue weighted by Gasteiger charge is 2.50. The van der Waals surface area contributed by atoms with Crippen LogP contribution in [0.3, 0.4) is 0 Å². The Hall–Kier alpha value is 0.0300. The topological polar surface area (TPSA) is 74.2 Å². The highest BCUT2D eigenvalue weighted by atomic mass is 31.1. The van der Waals surface area contributed by atoms with E-state index in [2.05, 4.69) is 4.52 Å². The first-order valence-corrected chi connectivity index (χ1v) is 6.07. The molecule has 2 aliphatic heterocycles. The van der Waals surface area contributed by atoms with Gasteiger partial charge in [0, 0.05) is 0 Å². The standard InChI is InChI=1S/C8H15O6P/c1-8(2)13-6-3-11-5(7(6)14-8)4-12-15(9)10/h5-7,15H,3-4H2,1-2H3,(H,9,10)/t5-,6?,7?/m1/s1. The van der Waals surface area contributed by atoms with E-state index >= 15 is 0 Å². The zero-order valence-corrected chi connectivity index (χ0v) is 9.63. The second kappa shape index (κ2) is 4.13. The summed E-state index contributed by atoms with van der Waals surface area (Å²) < 4.78 is 31.6. The summed E-state index contributed by atoms with van der Waals surface area (Å²) in [5, 5.41) is 0. The predicted octanol–water partition coefficient (Wildman–Crippen LogP) is 0.304. The van der Waals surface area contributed by atoms with Crippen LogP contribution in [0.4, 0.5) is 0 Å². The minimum absolute atomic E-state index is 0.0644. The predicted molar refractivity (Wildman–Crippen MR) is 50.7 cm³/mol. The monoisotopic (exact) mass is 238 g/mol. The fourth-order valence-corrected chi connectivity index (χ4v) is 2.22. The number of hydrogen-bond acceptors (Lipinski definition) is 5. The second-order valence-electron chi connectivity index (χ2n) is 4.09. The van der Waals surface area contributed by atoms with Crippen molar-refractivity contribution in [2.75, 3.05) is 13.2 Å². The molecule has 0 aromatic rings. The summed E-state index contributed by atoms with van der Waals surface area (Å²) in [6.07, 6.45) is -0.631. The van der Waals surface area contributed by atoms with E-state index in [9.17, 15) is 4.57 Å². The minimum Gasteiger partial charge on any atom is -0.370 e. The maximum Gasteiger partial charge on any atom is 0.316 e. The highest BCUT2D eigenvalue weighted by molar-refractivity contribution is 7.32. The molecule has 2 rings (SSSR count). The number of fused-ring (bicyclic) bond motifs is 1. The molecule has 2 fully saturated rings. The van der Waals surface area contributed by atoms with Crippen LogP contribution >= 0.6 is 8.25 Å². The van der Waals surface area contributed by atoms with Crippen LogP contribution in [0.25, 0.3) is 0 Å². The molecular formula is C8H15O6P. The van der Waals surface area contributed by atoms with Crippen LogP contribution in [0.1, 0.15) is 13.8 Å². The van der Waals surface area contributed by atoms with E-state index in [0.29, 0.717) is 6.61 Å². The van der Waals surface area contributed by atoms with Crippen molar-refractivity contribution in [1.29, 1.82) is 0 Å². The summed E-state index contributed by atoms with van der Waals surface area (Å²) in [5.41, 5.74) is 0. The van der Waals surface area contributed by atoms with Gasteiger partial charge in [0.25, 0.3) is 0 Å². The molecule has 0 aromatic heterocycles. The summed E-state index contributed by atoms with van der Waals surface area (Å²) in [6, 6.07) is 0. The molecule has 3 unspecified atom stereocenters. The number of ether oxygens (including phenoxy) is 3. The van der Waals surface area contributed by atoms with Gasteiger partial charge in [-0.15, -0.1) is 0 Å². The van der Waals surface area contributed by atoms with E-state index in [1.54, 1.807) is 0 Å². The van der Waals surface area contributed by atoms with Crippen LogP contribution in [0.5, 0.6) is 0 Å². The van der Waals surface area contributed by atoms with Gasteiger partial charge in [0.1, 0.15) is 18.3 Å². The molecule has 0 bridgehead atoms. The van der Waals surface area contributed by atoms with Gasteiger partial charge in [-0.25, -0.2) is 0 Å². The van der Waals surface area contributed by atoms with Gasteiger partial charge in [-0.2, -0.15) is 0 Å². The van der Waals surface area contributed by atoms with Crippen LogP contribution < -0.4 is 0 Å². The van der Waals surface area contributed by atoms with Crippen molar-refractivity contribution in [2.24, 2.45) is 0 Å². The van der Waals surface area contributed by atoms with Gasteiger partial charge in [-0.1, -0.05) is 0 Å². The highest BCUT2D eigenvalue weighted by Crippen LogP contribution is 2.35. The van der Waals surface area contributed by atoms with Crippen molar-refractivity contribution in [3.8, 4) is 0 Å². The van der Waals surface area contributed by atoms with E-state index in [-0.39, 0.29) is 24.9 Å². The first-order chi connectivity index (χ1) is 6.98. The van der Waals surface area contributed by atoms with Gasteiger partial charge in [0.05, 0.1) is 13.2 Å². The smallest absolute Gasteiger partial charge is 0.316 e. The van der Waals surface area contributed by atoms with E-state index in [0.717, 1.165) is 0 Å². The van der Waals surface area contributed by atoms with Crippen LogP contribution in [0.15, 0.2) is 0 Å². The Morgan fingerprint density at radius 1 is 1.53 bits per heavy atom. The van der Waals surface area contributed by atoms with Crippen LogP contribution in [0, 0.1) is 0 Å². The normalized spacial score (nSPS) is 40.3. The van der Waals surface area contributed by atoms with Gasteiger partial charge in [-0.3, -0.25) is 4.57 Å². The lowest BCUT2D eigenvalue weighted by Crippen LogP contribution is -2.32. The molecular weight excluding hydrogens is 223 g/mol. The average Bonchev–Trinajstić information content (AvgIpc) is 2.56. The van der Waals surface area contributed by atoms with Gasteiger partial charge < -0.3 is 23.6 Å². The van der Waals surface area contributed by atoms with E-state index < -0.39 is 14.0 Å². The third-order valence-electron chi connectivity index (χ3n) is 2.43. The lowest BCUT2D eigenvalue weighted by atomic mass is 10.2. The molecule has 0 aromatic carbocycles. The number of rotatable bonds is 3. The van der Waals surface area contributed by atoms with E-state index in [1.165, 1.54) is 0 Å². The largest absolute Gasteiger partial charge is 0.370 e. The third-order valence-corrected chi connectivity index (χ3v) is 2.85. The minimum atomic E-state index is -2.90. The maximum atomic E-state index is 10.4. The SMILES string of the molecule is CC1(C)OC2CO[C@H](CO[PH](=O)O)C2O1. The Balaban J connectivity index is 1.91. The Morgan fingerprint density at radius 3 is 2.93 bits per heavy atom. The Bertz CT molecular complexity index is 268. The first-order valence-electron chi connectivity index (χ1n) is 4.81. The zero-order valence-electron chi connectivity index (χ0n) is 8.63. The summed E-state index contributed by atoms with van der Waals surface area (Å²) in [6.45, 7) is 4.17. The first kappa shape index (κ1) is 11.5. The van der Waals surface area contributed by atoms with Crippen LogP contribution in [-0.2, 0) is 23.3 Å². The molecule has 0 saturated carbocycles. The quantitative estimate of drug-likeness (QED) is 0.713. The Labute approximate surface area is 88.4 Å². The molecule has 0 spiro atoms. The molecule has 0 radical (unpaired) electrons. The summed E-state index contributed by atoms with van der Waals surface area (Å²) in [7, 11) is -2.90. The van der Waals surface area contributed by atoms with E-state index in [4.69, 9.17) is 19.1 Å². The Morgan fingerprint density at radius 2 is 2.27 bits per heavy atom. The Kier molecular flexibility index (Phi) is 3.17. The third kappa shape index (κ3) is 2.58. The molecule has 15 heavy (non-hydrogen) atoms. The zero-order chi connectivity index (χ0) is 11.1. The fourth-order valence-electron chi connectivity index (χ4n) is 1.92. The molecule has 7 heteroatoms. The van der Waals surface area contributed by atoms with Gasteiger partial charge in [0.15, 0.2) is 5.79 Å². The summed E-state index contributed by atoms with van der Waals surface area (Å²) >= 11 is 0. The molecule has 2 aliphatic rings. The molecule has 0 aliphatic carbocycles. The lowest BCUT2D eigenvalue weighted by Gasteiger charge is -2.21. The van der Waals surface area contributed by atoms with Gasteiger partial charge >= 0.3 is 8.25 Å². The molecule has 0 amide bonds. The van der Waals surface area contributed by atoms with Crippen molar-refractivity contribution in [3.63, 3.8) is 0 Å². The molecule has 6 nitrogen and oxygen atoms in total. The summed E-state index contributed by atoms with van der Waals surface area (Å²) in [5.74, 6) is -0.609. The molecule has 2 heterocycles. The maximum absolute atomic E-state index is 10.4. The van der Waals surface area contributed by atoms with Gasteiger partial charge in [-0.05, 0) is 13.8 Å². The van der Waals surface area contributed by atoms with Crippen molar-refractivity contribution in [3.05, 3.63) is 0 Å². The van der Waals surface area contributed by atoms with E-state index in [1.807, 2.05) is 13.8 Å². The van der Waals surface area contributed by atoms with Crippen molar-refractivity contribution in [1.82, 2.24) is 0 Å². The fraction of sp³-hybridized carbons (Fsp3) is 1.00. The summed E-state index contributed by atoms with van der Waals surface area (Å²) in [4.78, 5) is 8.55. The molecule has 4 atom stereocenters.